The van der Waals surface area contributed by atoms with E-state index in [0.717, 1.165) is 16.5 Å². The molecular weight excluding hydrogens is 354 g/mol. The number of aryl methyl sites for hydroxylation is 1. The maximum atomic E-state index is 13.1. The van der Waals surface area contributed by atoms with Gasteiger partial charge in [0, 0.05) is 23.5 Å². The quantitative estimate of drug-likeness (QED) is 0.476. The second-order valence-corrected chi connectivity index (χ2v) is 7.98. The Hall–Kier alpha value is -3.12. The highest BCUT2D eigenvalue weighted by Crippen LogP contribution is 2.33. The zero-order chi connectivity index (χ0) is 20.5. The minimum Gasteiger partial charge on any atom is -0.343 e. The number of rotatable bonds is 4. The maximum absolute atomic E-state index is 13.1. The highest BCUT2D eigenvalue weighted by atomic mass is 16.5. The molecule has 28 heavy (non-hydrogen) atoms. The number of nitrogens with one attached hydrogen (secondary N) is 2. The molecule has 1 unspecified atom stereocenters. The lowest BCUT2D eigenvalue weighted by atomic mass is 9.82. The summed E-state index contributed by atoms with van der Waals surface area (Å²) in [7, 11) is 1.88. The predicted molar refractivity (Wildman–Crippen MR) is 108 cm³/mol. The summed E-state index contributed by atoms with van der Waals surface area (Å²) < 4.78 is 1.89. The summed E-state index contributed by atoms with van der Waals surface area (Å²) in [6, 6.07) is 16.3. The molecule has 0 aliphatic rings. The van der Waals surface area contributed by atoms with Crippen LogP contribution in [-0.4, -0.2) is 21.6 Å². The van der Waals surface area contributed by atoms with E-state index in [9.17, 15) is 9.59 Å². The SMILES string of the molecule is Cn1c(C(=O)NC(c2ccc(C(=O)NO)cc2)C(C)(C)C)cc2ccccc21. The van der Waals surface area contributed by atoms with E-state index in [4.69, 9.17) is 5.21 Å². The van der Waals surface area contributed by atoms with Crippen molar-refractivity contribution in [2.45, 2.75) is 26.8 Å². The Morgan fingerprint density at radius 2 is 1.64 bits per heavy atom. The predicted octanol–water partition coefficient (Wildman–Crippen LogP) is 3.81. The number of carbonyl (C=O) groups excluding carboxylic acids is 2. The summed E-state index contributed by atoms with van der Waals surface area (Å²) in [6.07, 6.45) is 0. The van der Waals surface area contributed by atoms with Crippen LogP contribution in [0.25, 0.3) is 10.9 Å². The molecule has 2 amide bonds. The Labute approximate surface area is 164 Å². The minimum atomic E-state index is -0.571. The van der Waals surface area contributed by atoms with Gasteiger partial charge in [0.15, 0.2) is 0 Å². The summed E-state index contributed by atoms with van der Waals surface area (Å²) in [5.74, 6) is -0.728. The standard InChI is InChI=1S/C22H25N3O3/c1-22(2,3)19(14-9-11-15(12-10-14)20(26)24-28)23-21(27)18-13-16-7-5-6-8-17(16)25(18)4/h5-13,19,28H,1-4H3,(H,23,27)(H,24,26). The van der Waals surface area contributed by atoms with Crippen molar-refractivity contribution in [1.29, 1.82) is 0 Å². The average Bonchev–Trinajstić information content (AvgIpc) is 3.01. The number of para-hydroxylation sites is 1. The van der Waals surface area contributed by atoms with Crippen molar-refractivity contribution in [3.05, 3.63) is 71.4 Å². The van der Waals surface area contributed by atoms with E-state index in [1.54, 1.807) is 29.7 Å². The largest absolute Gasteiger partial charge is 0.343 e. The van der Waals surface area contributed by atoms with Gasteiger partial charge in [0.25, 0.3) is 11.8 Å². The van der Waals surface area contributed by atoms with Gasteiger partial charge in [-0.1, -0.05) is 51.1 Å². The fraction of sp³-hybridized carbons (Fsp3) is 0.273. The molecule has 1 heterocycles. The Morgan fingerprint density at radius 1 is 1.00 bits per heavy atom. The molecule has 3 aromatic rings. The molecule has 3 N–H and O–H groups in total. The molecule has 2 aromatic carbocycles. The van der Waals surface area contributed by atoms with Crippen molar-refractivity contribution in [3.8, 4) is 0 Å². The summed E-state index contributed by atoms with van der Waals surface area (Å²) in [5, 5.41) is 12.9. The third-order valence-electron chi connectivity index (χ3n) is 4.93. The summed E-state index contributed by atoms with van der Waals surface area (Å²) in [4.78, 5) is 24.6. The number of hydroxylamine groups is 1. The van der Waals surface area contributed by atoms with Crippen LogP contribution in [0.1, 0.15) is 53.2 Å². The zero-order valence-corrected chi connectivity index (χ0v) is 16.5. The molecule has 3 rings (SSSR count). The fourth-order valence-corrected chi connectivity index (χ4v) is 3.40. The Kier molecular flexibility index (Phi) is 5.25. The van der Waals surface area contributed by atoms with E-state index >= 15 is 0 Å². The second kappa shape index (κ2) is 7.48. The van der Waals surface area contributed by atoms with Gasteiger partial charge in [0.2, 0.25) is 0 Å². The van der Waals surface area contributed by atoms with Crippen molar-refractivity contribution < 1.29 is 14.8 Å². The lowest BCUT2D eigenvalue weighted by molar-refractivity contribution is 0.0706. The highest BCUT2D eigenvalue weighted by molar-refractivity contribution is 5.99. The monoisotopic (exact) mass is 379 g/mol. The number of nitrogens with zero attached hydrogens (tertiary/aromatic N) is 1. The zero-order valence-electron chi connectivity index (χ0n) is 16.5. The number of hydrogen-bond acceptors (Lipinski definition) is 3. The van der Waals surface area contributed by atoms with Crippen molar-refractivity contribution >= 4 is 22.7 Å². The third-order valence-corrected chi connectivity index (χ3v) is 4.93. The minimum absolute atomic E-state index is 0.157. The van der Waals surface area contributed by atoms with E-state index in [1.807, 2.05) is 62.7 Å². The van der Waals surface area contributed by atoms with Gasteiger partial charge in [-0.3, -0.25) is 14.8 Å². The van der Waals surface area contributed by atoms with Gasteiger partial charge in [-0.2, -0.15) is 0 Å². The second-order valence-electron chi connectivity index (χ2n) is 7.98. The molecule has 0 saturated heterocycles. The molecule has 6 nitrogen and oxygen atoms in total. The van der Waals surface area contributed by atoms with E-state index in [0.29, 0.717) is 11.3 Å². The van der Waals surface area contributed by atoms with Crippen molar-refractivity contribution in [3.63, 3.8) is 0 Å². The lowest BCUT2D eigenvalue weighted by Crippen LogP contribution is -2.37. The first-order valence-corrected chi connectivity index (χ1v) is 9.12. The van der Waals surface area contributed by atoms with Crippen LogP contribution in [0.5, 0.6) is 0 Å². The van der Waals surface area contributed by atoms with Crippen molar-refractivity contribution in [2.75, 3.05) is 0 Å². The van der Waals surface area contributed by atoms with Gasteiger partial charge >= 0.3 is 0 Å². The topological polar surface area (TPSA) is 83.4 Å². The Balaban J connectivity index is 1.91. The van der Waals surface area contributed by atoms with Crippen LogP contribution in [0.15, 0.2) is 54.6 Å². The highest BCUT2D eigenvalue weighted by Gasteiger charge is 2.29. The molecule has 0 aliphatic carbocycles. The van der Waals surface area contributed by atoms with E-state index in [2.05, 4.69) is 5.32 Å². The van der Waals surface area contributed by atoms with Crippen LogP contribution in [-0.2, 0) is 7.05 Å². The van der Waals surface area contributed by atoms with E-state index in [1.165, 1.54) is 0 Å². The smallest absolute Gasteiger partial charge is 0.274 e. The van der Waals surface area contributed by atoms with Gasteiger partial charge < -0.3 is 9.88 Å². The Bertz CT molecular complexity index is 1010. The molecular formula is C22H25N3O3. The molecule has 0 fully saturated rings. The first-order valence-electron chi connectivity index (χ1n) is 9.12. The van der Waals surface area contributed by atoms with Crippen LogP contribution in [0, 0.1) is 5.41 Å². The molecule has 146 valence electrons. The molecule has 0 spiro atoms. The van der Waals surface area contributed by atoms with Crippen LogP contribution >= 0.6 is 0 Å². The molecule has 0 bridgehead atoms. The summed E-state index contributed by atoms with van der Waals surface area (Å²) >= 11 is 0. The van der Waals surface area contributed by atoms with Gasteiger partial charge in [0.05, 0.1) is 6.04 Å². The van der Waals surface area contributed by atoms with Crippen LogP contribution < -0.4 is 10.8 Å². The molecule has 1 atom stereocenters. The summed E-state index contributed by atoms with van der Waals surface area (Å²) in [5.41, 5.74) is 4.19. The molecule has 0 aliphatic heterocycles. The first kappa shape index (κ1) is 19.6. The Morgan fingerprint density at radius 3 is 2.21 bits per heavy atom. The molecule has 6 heteroatoms. The molecule has 1 aromatic heterocycles. The fourth-order valence-electron chi connectivity index (χ4n) is 3.40. The van der Waals surface area contributed by atoms with Gasteiger partial charge in [0.1, 0.15) is 5.69 Å². The number of hydrogen-bond donors (Lipinski definition) is 3. The first-order chi connectivity index (χ1) is 13.2. The molecule has 0 saturated carbocycles. The number of fused-ring (bicyclic) bond motifs is 1. The van der Waals surface area contributed by atoms with Crippen LogP contribution in [0.3, 0.4) is 0 Å². The number of benzene rings is 2. The number of aromatic nitrogens is 1. The molecule has 0 radical (unpaired) electrons. The van der Waals surface area contributed by atoms with Crippen molar-refractivity contribution in [1.82, 2.24) is 15.4 Å². The lowest BCUT2D eigenvalue weighted by Gasteiger charge is -2.32. The number of amides is 2. The van der Waals surface area contributed by atoms with E-state index in [-0.39, 0.29) is 17.4 Å². The van der Waals surface area contributed by atoms with Crippen LogP contribution in [0.2, 0.25) is 0 Å². The average molecular weight is 379 g/mol. The van der Waals surface area contributed by atoms with E-state index < -0.39 is 5.91 Å². The third kappa shape index (κ3) is 3.77. The van der Waals surface area contributed by atoms with Crippen LogP contribution in [0.4, 0.5) is 0 Å². The van der Waals surface area contributed by atoms with Gasteiger partial charge in [-0.15, -0.1) is 0 Å². The maximum Gasteiger partial charge on any atom is 0.274 e. The van der Waals surface area contributed by atoms with Crippen molar-refractivity contribution in [2.24, 2.45) is 12.5 Å². The normalized spacial score (nSPS) is 12.6. The van der Waals surface area contributed by atoms with Gasteiger partial charge in [-0.25, -0.2) is 5.48 Å². The number of carbonyl (C=O) groups is 2. The summed E-state index contributed by atoms with van der Waals surface area (Å²) in [6.45, 7) is 6.15. The van der Waals surface area contributed by atoms with Gasteiger partial charge in [-0.05, 0) is 35.2 Å².